The standard InChI is InChI=1S/C18H25NO3/c1-12(2)11-19-9-8-16(13(3)17(19)20)14-6-5-7-15(10-14)18(21)22-4/h5-7,10,12-13,16H,8-9,11H2,1-4H3. The number of nitrogens with zero attached hydrogens (tertiary/aromatic N) is 1. The molecule has 1 amide bonds. The molecule has 0 aromatic heterocycles. The Morgan fingerprint density at radius 2 is 2.14 bits per heavy atom. The monoisotopic (exact) mass is 303 g/mol. The third kappa shape index (κ3) is 3.49. The molecule has 2 rings (SSSR count). The quantitative estimate of drug-likeness (QED) is 0.803. The van der Waals surface area contributed by atoms with Gasteiger partial charge in [0.25, 0.3) is 0 Å². The van der Waals surface area contributed by atoms with Gasteiger partial charge in [0, 0.05) is 19.0 Å². The van der Waals surface area contributed by atoms with Crippen molar-refractivity contribution < 1.29 is 14.3 Å². The van der Waals surface area contributed by atoms with Gasteiger partial charge in [0.15, 0.2) is 0 Å². The van der Waals surface area contributed by atoms with E-state index in [9.17, 15) is 9.59 Å². The third-order valence-corrected chi connectivity index (χ3v) is 4.34. The van der Waals surface area contributed by atoms with Crippen molar-refractivity contribution >= 4 is 11.9 Å². The van der Waals surface area contributed by atoms with Crippen molar-refractivity contribution in [3.05, 3.63) is 35.4 Å². The largest absolute Gasteiger partial charge is 0.465 e. The van der Waals surface area contributed by atoms with Crippen LogP contribution >= 0.6 is 0 Å². The van der Waals surface area contributed by atoms with E-state index in [-0.39, 0.29) is 23.7 Å². The number of carbonyl (C=O) groups is 2. The summed E-state index contributed by atoms with van der Waals surface area (Å²) in [5, 5.41) is 0. The van der Waals surface area contributed by atoms with Gasteiger partial charge >= 0.3 is 5.97 Å². The first-order valence-electron chi connectivity index (χ1n) is 7.91. The van der Waals surface area contributed by atoms with Crippen LogP contribution < -0.4 is 0 Å². The summed E-state index contributed by atoms with van der Waals surface area (Å²) in [7, 11) is 1.38. The summed E-state index contributed by atoms with van der Waals surface area (Å²) in [6, 6.07) is 7.46. The summed E-state index contributed by atoms with van der Waals surface area (Å²) in [6.45, 7) is 7.85. The number of esters is 1. The normalized spacial score (nSPS) is 22.0. The summed E-state index contributed by atoms with van der Waals surface area (Å²) >= 11 is 0. The van der Waals surface area contributed by atoms with E-state index in [4.69, 9.17) is 4.74 Å². The molecule has 1 heterocycles. The molecule has 1 aliphatic heterocycles. The van der Waals surface area contributed by atoms with Crippen LogP contribution in [-0.2, 0) is 9.53 Å². The fourth-order valence-corrected chi connectivity index (χ4v) is 3.21. The van der Waals surface area contributed by atoms with Crippen LogP contribution in [0.3, 0.4) is 0 Å². The third-order valence-electron chi connectivity index (χ3n) is 4.34. The van der Waals surface area contributed by atoms with Gasteiger partial charge in [-0.1, -0.05) is 32.9 Å². The first-order valence-corrected chi connectivity index (χ1v) is 7.91. The van der Waals surface area contributed by atoms with Gasteiger partial charge in [-0.3, -0.25) is 4.79 Å². The Kier molecular flexibility index (Phi) is 5.22. The summed E-state index contributed by atoms with van der Waals surface area (Å²) in [4.78, 5) is 26.2. The van der Waals surface area contributed by atoms with Crippen molar-refractivity contribution in [1.82, 2.24) is 4.90 Å². The number of piperidine rings is 1. The van der Waals surface area contributed by atoms with Crippen LogP contribution in [0.1, 0.15) is 49.0 Å². The Bertz CT molecular complexity index is 553. The van der Waals surface area contributed by atoms with Crippen molar-refractivity contribution in [2.75, 3.05) is 20.2 Å². The molecule has 0 N–H and O–H groups in total. The Morgan fingerprint density at radius 3 is 2.77 bits per heavy atom. The molecule has 0 spiro atoms. The summed E-state index contributed by atoms with van der Waals surface area (Å²) in [5.41, 5.74) is 1.59. The molecule has 1 aromatic rings. The maximum absolute atomic E-state index is 12.6. The lowest BCUT2D eigenvalue weighted by Gasteiger charge is -2.37. The average molecular weight is 303 g/mol. The number of amides is 1. The van der Waals surface area contributed by atoms with Gasteiger partial charge in [-0.25, -0.2) is 4.79 Å². The predicted octanol–water partition coefficient (Wildman–Crippen LogP) is 3.08. The van der Waals surface area contributed by atoms with E-state index in [0.717, 1.165) is 25.1 Å². The van der Waals surface area contributed by atoms with Gasteiger partial charge in [-0.15, -0.1) is 0 Å². The molecule has 22 heavy (non-hydrogen) atoms. The number of hydrogen-bond acceptors (Lipinski definition) is 3. The van der Waals surface area contributed by atoms with Gasteiger partial charge in [0.05, 0.1) is 12.7 Å². The van der Waals surface area contributed by atoms with Crippen LogP contribution in [0.4, 0.5) is 0 Å². The molecule has 1 saturated heterocycles. The van der Waals surface area contributed by atoms with Crippen LogP contribution in [0.2, 0.25) is 0 Å². The van der Waals surface area contributed by atoms with E-state index in [1.165, 1.54) is 7.11 Å². The first-order chi connectivity index (χ1) is 10.4. The van der Waals surface area contributed by atoms with Gasteiger partial charge < -0.3 is 9.64 Å². The smallest absolute Gasteiger partial charge is 0.337 e. The van der Waals surface area contributed by atoms with Gasteiger partial charge in [-0.05, 0) is 36.0 Å². The number of rotatable bonds is 4. The highest BCUT2D eigenvalue weighted by Gasteiger charge is 2.34. The van der Waals surface area contributed by atoms with Crippen molar-refractivity contribution in [1.29, 1.82) is 0 Å². The number of hydrogen-bond donors (Lipinski definition) is 0. The van der Waals surface area contributed by atoms with Crippen LogP contribution in [0, 0.1) is 11.8 Å². The first kappa shape index (κ1) is 16.5. The molecule has 1 fully saturated rings. The van der Waals surface area contributed by atoms with Crippen LogP contribution in [0.25, 0.3) is 0 Å². The Balaban J connectivity index is 2.17. The van der Waals surface area contributed by atoms with Gasteiger partial charge in [-0.2, -0.15) is 0 Å². The number of methoxy groups -OCH3 is 1. The fraction of sp³-hybridized carbons (Fsp3) is 0.556. The second-order valence-electron chi connectivity index (χ2n) is 6.48. The lowest BCUT2D eigenvalue weighted by molar-refractivity contribution is -0.139. The molecule has 4 nitrogen and oxygen atoms in total. The van der Waals surface area contributed by atoms with Crippen LogP contribution in [0.15, 0.2) is 24.3 Å². The van der Waals surface area contributed by atoms with Crippen LogP contribution in [0.5, 0.6) is 0 Å². The molecule has 2 atom stereocenters. The molecule has 1 aromatic carbocycles. The molecule has 2 unspecified atom stereocenters. The Morgan fingerprint density at radius 1 is 1.41 bits per heavy atom. The molecule has 0 radical (unpaired) electrons. The summed E-state index contributed by atoms with van der Waals surface area (Å²) in [5.74, 6) is 0.475. The summed E-state index contributed by atoms with van der Waals surface area (Å²) < 4.78 is 4.77. The van der Waals surface area contributed by atoms with E-state index >= 15 is 0 Å². The molecule has 0 saturated carbocycles. The molecule has 0 aliphatic carbocycles. The van der Waals surface area contributed by atoms with E-state index in [1.807, 2.05) is 30.0 Å². The zero-order chi connectivity index (χ0) is 16.3. The zero-order valence-corrected chi connectivity index (χ0v) is 13.8. The molecule has 1 aliphatic rings. The fourth-order valence-electron chi connectivity index (χ4n) is 3.21. The highest BCUT2D eigenvalue weighted by molar-refractivity contribution is 5.89. The lowest BCUT2D eigenvalue weighted by atomic mass is 9.80. The number of likely N-dealkylation sites (tertiary alicyclic amines) is 1. The minimum absolute atomic E-state index is 0.0552. The number of carbonyl (C=O) groups excluding carboxylic acids is 2. The van der Waals surface area contributed by atoms with Gasteiger partial charge in [0.1, 0.15) is 0 Å². The minimum Gasteiger partial charge on any atom is -0.465 e. The number of ether oxygens (including phenoxy) is 1. The highest BCUT2D eigenvalue weighted by Crippen LogP contribution is 2.34. The second-order valence-corrected chi connectivity index (χ2v) is 6.48. The topological polar surface area (TPSA) is 46.6 Å². The van der Waals surface area contributed by atoms with E-state index in [0.29, 0.717) is 11.5 Å². The molecular weight excluding hydrogens is 278 g/mol. The molecular formula is C18H25NO3. The van der Waals surface area contributed by atoms with Crippen molar-refractivity contribution in [2.45, 2.75) is 33.1 Å². The van der Waals surface area contributed by atoms with Crippen molar-refractivity contribution in [2.24, 2.45) is 11.8 Å². The Labute approximate surface area is 132 Å². The van der Waals surface area contributed by atoms with Crippen molar-refractivity contribution in [3.63, 3.8) is 0 Å². The molecule has 0 bridgehead atoms. The SMILES string of the molecule is COC(=O)c1cccc(C2CCN(CC(C)C)C(=O)C2C)c1. The Hall–Kier alpha value is -1.84. The second kappa shape index (κ2) is 6.95. The predicted molar refractivity (Wildman–Crippen MR) is 85.7 cm³/mol. The van der Waals surface area contributed by atoms with Crippen molar-refractivity contribution in [3.8, 4) is 0 Å². The summed E-state index contributed by atoms with van der Waals surface area (Å²) in [6.07, 6.45) is 0.935. The maximum Gasteiger partial charge on any atom is 0.337 e. The zero-order valence-electron chi connectivity index (χ0n) is 13.8. The minimum atomic E-state index is -0.335. The lowest BCUT2D eigenvalue weighted by Crippen LogP contribution is -2.45. The molecule has 120 valence electrons. The van der Waals surface area contributed by atoms with E-state index in [1.54, 1.807) is 6.07 Å². The van der Waals surface area contributed by atoms with Gasteiger partial charge in [0.2, 0.25) is 5.91 Å². The van der Waals surface area contributed by atoms with Crippen LogP contribution in [-0.4, -0.2) is 37.0 Å². The van der Waals surface area contributed by atoms with E-state index < -0.39 is 0 Å². The number of benzene rings is 1. The molecule has 4 heteroatoms. The maximum atomic E-state index is 12.6. The van der Waals surface area contributed by atoms with E-state index in [2.05, 4.69) is 13.8 Å². The average Bonchev–Trinajstić information content (AvgIpc) is 2.51. The highest BCUT2D eigenvalue weighted by atomic mass is 16.5.